The second-order valence-corrected chi connectivity index (χ2v) is 6.10. The number of amides is 1. The molecule has 1 amide bonds. The van der Waals surface area contributed by atoms with Gasteiger partial charge in [0, 0.05) is 12.7 Å². The molecular formula is C17H18N4O3. The van der Waals surface area contributed by atoms with Gasteiger partial charge in [0.2, 0.25) is 0 Å². The Morgan fingerprint density at radius 1 is 1.29 bits per heavy atom. The van der Waals surface area contributed by atoms with Crippen molar-refractivity contribution in [1.82, 2.24) is 4.98 Å². The van der Waals surface area contributed by atoms with E-state index in [9.17, 15) is 14.9 Å². The molecule has 2 aromatic rings. The van der Waals surface area contributed by atoms with E-state index < -0.39 is 10.3 Å². The molecule has 0 fully saturated rings. The molecule has 24 heavy (non-hydrogen) atoms. The Hall–Kier alpha value is -2.96. The van der Waals surface area contributed by atoms with Crippen LogP contribution in [0.3, 0.4) is 0 Å². The molecule has 1 aliphatic heterocycles. The van der Waals surface area contributed by atoms with Crippen LogP contribution in [0.25, 0.3) is 0 Å². The van der Waals surface area contributed by atoms with Crippen LogP contribution in [0, 0.1) is 10.1 Å². The first-order valence-electron chi connectivity index (χ1n) is 7.69. The minimum absolute atomic E-state index is 0.114. The monoisotopic (exact) mass is 326 g/mol. The van der Waals surface area contributed by atoms with Crippen molar-refractivity contribution in [2.45, 2.75) is 26.2 Å². The fourth-order valence-electron chi connectivity index (χ4n) is 3.07. The molecule has 0 unspecified atom stereocenters. The minimum atomic E-state index is -0.689. The maximum atomic E-state index is 13.0. The van der Waals surface area contributed by atoms with Crippen molar-refractivity contribution in [3.63, 3.8) is 0 Å². The van der Waals surface area contributed by atoms with E-state index in [0.29, 0.717) is 12.2 Å². The Kier molecular flexibility index (Phi) is 3.71. The lowest BCUT2D eigenvalue weighted by Gasteiger charge is -2.33. The summed E-state index contributed by atoms with van der Waals surface area (Å²) in [6.45, 7) is 5.98. The Balaban J connectivity index is 2.17. The summed E-state index contributed by atoms with van der Waals surface area (Å²) in [7, 11) is 0. The van der Waals surface area contributed by atoms with E-state index in [1.54, 1.807) is 11.1 Å². The Labute approximate surface area is 139 Å². The molecule has 1 aliphatic rings. The summed E-state index contributed by atoms with van der Waals surface area (Å²) in [6.07, 6.45) is 2.69. The third-order valence-corrected chi connectivity index (χ3v) is 4.33. The molecule has 0 saturated heterocycles. The Morgan fingerprint density at radius 3 is 2.67 bits per heavy atom. The summed E-state index contributed by atoms with van der Waals surface area (Å²) < 4.78 is 0. The third-order valence-electron chi connectivity index (χ3n) is 4.33. The summed E-state index contributed by atoms with van der Waals surface area (Å²) in [6, 6.07) is 9.08. The van der Waals surface area contributed by atoms with E-state index in [1.807, 2.05) is 45.0 Å². The number of benzene rings is 1. The zero-order valence-electron chi connectivity index (χ0n) is 13.8. The number of nitro groups is 1. The van der Waals surface area contributed by atoms with Crippen LogP contribution in [-0.2, 0) is 10.2 Å². The van der Waals surface area contributed by atoms with Gasteiger partial charge < -0.3 is 0 Å². The minimum Gasteiger partial charge on any atom is -0.272 e. The first-order valence-corrected chi connectivity index (χ1v) is 7.69. The first-order chi connectivity index (χ1) is 11.4. The van der Waals surface area contributed by atoms with Crippen LogP contribution in [0.15, 0.2) is 42.7 Å². The molecule has 2 heterocycles. The normalized spacial score (nSPS) is 15.3. The largest absolute Gasteiger partial charge is 0.312 e. The second kappa shape index (κ2) is 5.59. The highest BCUT2D eigenvalue weighted by molar-refractivity contribution is 6.09. The first kappa shape index (κ1) is 15.9. The van der Waals surface area contributed by atoms with Crippen molar-refractivity contribution in [1.29, 1.82) is 0 Å². The van der Waals surface area contributed by atoms with Crippen LogP contribution in [0.1, 0.15) is 26.3 Å². The molecule has 124 valence electrons. The average molecular weight is 326 g/mol. The maximum Gasteiger partial charge on any atom is 0.312 e. The number of carbonyl (C=O) groups excluding carboxylic acids is 1. The summed E-state index contributed by atoms with van der Waals surface area (Å²) in [4.78, 5) is 27.7. The molecule has 0 spiro atoms. The van der Waals surface area contributed by atoms with Gasteiger partial charge in [0.25, 0.3) is 5.91 Å². The lowest BCUT2D eigenvalue weighted by molar-refractivity contribution is -0.384. The zero-order chi connectivity index (χ0) is 17.5. The summed E-state index contributed by atoms with van der Waals surface area (Å²) in [5.74, 6) is -0.114. The van der Waals surface area contributed by atoms with Gasteiger partial charge in [0.1, 0.15) is 11.9 Å². The van der Waals surface area contributed by atoms with Crippen LogP contribution in [0.4, 0.5) is 17.1 Å². The fourth-order valence-corrected chi connectivity index (χ4v) is 3.07. The molecule has 7 nitrogen and oxygen atoms in total. The predicted molar refractivity (Wildman–Crippen MR) is 90.9 cm³/mol. The molecule has 0 radical (unpaired) electrons. The highest BCUT2D eigenvalue weighted by Crippen LogP contribution is 2.43. The zero-order valence-corrected chi connectivity index (χ0v) is 13.8. The quantitative estimate of drug-likeness (QED) is 0.637. The molecule has 0 N–H and O–H groups in total. The molecule has 3 rings (SSSR count). The van der Waals surface area contributed by atoms with E-state index in [4.69, 9.17) is 0 Å². The van der Waals surface area contributed by atoms with E-state index in [2.05, 4.69) is 4.98 Å². The number of pyridine rings is 1. The number of hydrazine groups is 1. The standard InChI is InChI=1S/C17H18N4O3/c1-4-19(14-9-10-18-11-15(14)21(23)24)20-13-8-6-5-7-12(13)17(2,3)16(20)22/h5-11H,4H2,1-3H3. The molecule has 0 bridgehead atoms. The second-order valence-electron chi connectivity index (χ2n) is 6.10. The molecular weight excluding hydrogens is 308 g/mol. The van der Waals surface area contributed by atoms with Crippen molar-refractivity contribution in [3.8, 4) is 0 Å². The molecule has 0 saturated carbocycles. The lowest BCUT2D eigenvalue weighted by atomic mass is 9.86. The summed E-state index contributed by atoms with van der Waals surface area (Å²) in [5, 5.41) is 14.5. The lowest BCUT2D eigenvalue weighted by Crippen LogP contribution is -2.48. The molecule has 7 heteroatoms. The van der Waals surface area contributed by atoms with Crippen molar-refractivity contribution >= 4 is 23.0 Å². The number of carbonyl (C=O) groups is 1. The number of nitrogens with zero attached hydrogens (tertiary/aromatic N) is 4. The van der Waals surface area contributed by atoms with Gasteiger partial charge in [-0.3, -0.25) is 24.9 Å². The number of rotatable bonds is 4. The van der Waals surface area contributed by atoms with E-state index in [1.165, 1.54) is 17.4 Å². The van der Waals surface area contributed by atoms with E-state index in [0.717, 1.165) is 11.3 Å². The summed E-state index contributed by atoms with van der Waals surface area (Å²) in [5.41, 5.74) is 1.18. The van der Waals surface area contributed by atoms with Crippen molar-refractivity contribution in [2.24, 2.45) is 0 Å². The van der Waals surface area contributed by atoms with Crippen LogP contribution in [0.5, 0.6) is 0 Å². The van der Waals surface area contributed by atoms with Crippen LogP contribution in [-0.4, -0.2) is 22.4 Å². The number of para-hydroxylation sites is 1. The van der Waals surface area contributed by atoms with E-state index >= 15 is 0 Å². The molecule has 0 aliphatic carbocycles. The van der Waals surface area contributed by atoms with Crippen molar-refractivity contribution in [2.75, 3.05) is 16.6 Å². The van der Waals surface area contributed by atoms with Crippen LogP contribution >= 0.6 is 0 Å². The number of anilines is 2. The van der Waals surface area contributed by atoms with Gasteiger partial charge in [0.15, 0.2) is 0 Å². The van der Waals surface area contributed by atoms with Crippen LogP contribution < -0.4 is 10.0 Å². The summed E-state index contributed by atoms with van der Waals surface area (Å²) >= 11 is 0. The number of hydrogen-bond donors (Lipinski definition) is 0. The van der Waals surface area contributed by atoms with Crippen molar-refractivity contribution in [3.05, 3.63) is 58.4 Å². The molecule has 1 aromatic carbocycles. The van der Waals surface area contributed by atoms with E-state index in [-0.39, 0.29) is 11.6 Å². The van der Waals surface area contributed by atoms with Gasteiger partial charge in [-0.05, 0) is 38.5 Å². The Bertz CT molecular complexity index is 819. The highest BCUT2D eigenvalue weighted by Gasteiger charge is 2.46. The topological polar surface area (TPSA) is 79.6 Å². The number of fused-ring (bicyclic) bond motifs is 1. The third kappa shape index (κ3) is 2.20. The fraction of sp³-hybridized carbons (Fsp3) is 0.294. The van der Waals surface area contributed by atoms with Gasteiger partial charge in [-0.1, -0.05) is 18.2 Å². The Morgan fingerprint density at radius 2 is 2.00 bits per heavy atom. The number of hydrogen-bond acceptors (Lipinski definition) is 5. The van der Waals surface area contributed by atoms with Gasteiger partial charge >= 0.3 is 5.69 Å². The van der Waals surface area contributed by atoms with Crippen molar-refractivity contribution < 1.29 is 9.72 Å². The molecule has 0 atom stereocenters. The van der Waals surface area contributed by atoms with Gasteiger partial charge in [-0.2, -0.15) is 0 Å². The highest BCUT2D eigenvalue weighted by atomic mass is 16.6. The maximum absolute atomic E-state index is 13.0. The average Bonchev–Trinajstić information content (AvgIpc) is 2.77. The smallest absolute Gasteiger partial charge is 0.272 e. The number of aromatic nitrogens is 1. The van der Waals surface area contributed by atoms with Gasteiger partial charge in [0.05, 0.1) is 16.0 Å². The van der Waals surface area contributed by atoms with Gasteiger partial charge in [-0.25, -0.2) is 5.01 Å². The van der Waals surface area contributed by atoms with Gasteiger partial charge in [-0.15, -0.1) is 0 Å². The van der Waals surface area contributed by atoms with Crippen LogP contribution in [0.2, 0.25) is 0 Å². The predicted octanol–water partition coefficient (Wildman–Crippen LogP) is 3.06. The SMILES string of the molecule is CCN(c1ccncc1[N+](=O)[O-])N1C(=O)C(C)(C)c2ccccc21. The molecule has 1 aromatic heterocycles.